The first-order valence-corrected chi connectivity index (χ1v) is 7.12. The molecule has 3 heteroatoms. The molecular weight excluding hydrogens is 236 g/mol. The summed E-state index contributed by atoms with van der Waals surface area (Å²) in [7, 11) is 0. The standard InChI is InChI=1S/C16H20N2O/c1-2-10-18(11-3-1)12-13-19-16-8-4-7-15-14(16)6-5-9-17-15/h4-9H,1-3,10-13H2. The maximum Gasteiger partial charge on any atom is 0.128 e. The van der Waals surface area contributed by atoms with Gasteiger partial charge >= 0.3 is 0 Å². The average molecular weight is 256 g/mol. The lowest BCUT2D eigenvalue weighted by Crippen LogP contribution is -2.33. The van der Waals surface area contributed by atoms with Gasteiger partial charge in [-0.15, -0.1) is 0 Å². The Labute approximate surface area is 114 Å². The third-order valence-electron chi connectivity index (χ3n) is 3.72. The van der Waals surface area contributed by atoms with E-state index in [1.807, 2.05) is 30.5 Å². The zero-order chi connectivity index (χ0) is 12.9. The van der Waals surface area contributed by atoms with Crippen molar-refractivity contribution in [3.05, 3.63) is 36.5 Å². The lowest BCUT2D eigenvalue weighted by Gasteiger charge is -2.26. The van der Waals surface area contributed by atoms with E-state index in [0.29, 0.717) is 0 Å². The molecule has 1 aliphatic rings. The molecule has 0 N–H and O–H groups in total. The molecular formula is C16H20N2O. The Morgan fingerprint density at radius 3 is 2.84 bits per heavy atom. The van der Waals surface area contributed by atoms with Crippen LogP contribution in [-0.4, -0.2) is 36.1 Å². The number of pyridine rings is 1. The van der Waals surface area contributed by atoms with Crippen LogP contribution in [0.2, 0.25) is 0 Å². The molecule has 0 bridgehead atoms. The number of nitrogens with zero attached hydrogens (tertiary/aromatic N) is 2. The van der Waals surface area contributed by atoms with E-state index in [1.165, 1.54) is 32.4 Å². The van der Waals surface area contributed by atoms with Crippen LogP contribution in [0.15, 0.2) is 36.5 Å². The number of ether oxygens (including phenoxy) is 1. The van der Waals surface area contributed by atoms with Crippen molar-refractivity contribution >= 4 is 10.9 Å². The normalized spacial score (nSPS) is 16.6. The van der Waals surface area contributed by atoms with Crippen LogP contribution < -0.4 is 4.74 Å². The second-order valence-corrected chi connectivity index (χ2v) is 5.08. The fourth-order valence-corrected chi connectivity index (χ4v) is 2.67. The van der Waals surface area contributed by atoms with Crippen LogP contribution in [0.5, 0.6) is 5.75 Å². The number of benzene rings is 1. The Morgan fingerprint density at radius 1 is 1.05 bits per heavy atom. The number of piperidine rings is 1. The van der Waals surface area contributed by atoms with Crippen molar-refractivity contribution in [2.24, 2.45) is 0 Å². The highest BCUT2D eigenvalue weighted by Crippen LogP contribution is 2.23. The van der Waals surface area contributed by atoms with Crippen LogP contribution in [0, 0.1) is 0 Å². The molecule has 3 nitrogen and oxygen atoms in total. The van der Waals surface area contributed by atoms with Gasteiger partial charge in [0.15, 0.2) is 0 Å². The summed E-state index contributed by atoms with van der Waals surface area (Å²) in [5.41, 5.74) is 0.998. The Bertz CT molecular complexity index is 530. The van der Waals surface area contributed by atoms with Crippen molar-refractivity contribution in [3.63, 3.8) is 0 Å². The minimum atomic E-state index is 0.758. The van der Waals surface area contributed by atoms with Crippen molar-refractivity contribution in [1.82, 2.24) is 9.88 Å². The molecule has 0 unspecified atom stereocenters. The number of likely N-dealkylation sites (tertiary alicyclic amines) is 1. The molecule has 0 aliphatic carbocycles. The van der Waals surface area contributed by atoms with Gasteiger partial charge < -0.3 is 4.74 Å². The lowest BCUT2D eigenvalue weighted by atomic mass is 10.1. The number of fused-ring (bicyclic) bond motifs is 1. The quantitative estimate of drug-likeness (QED) is 0.840. The smallest absolute Gasteiger partial charge is 0.128 e. The Morgan fingerprint density at radius 2 is 1.95 bits per heavy atom. The van der Waals surface area contributed by atoms with Gasteiger partial charge in [-0.25, -0.2) is 0 Å². The summed E-state index contributed by atoms with van der Waals surface area (Å²) in [4.78, 5) is 6.84. The molecule has 100 valence electrons. The second kappa shape index (κ2) is 6.02. The van der Waals surface area contributed by atoms with E-state index in [0.717, 1.165) is 29.8 Å². The van der Waals surface area contributed by atoms with Gasteiger partial charge in [-0.3, -0.25) is 9.88 Å². The number of aromatic nitrogens is 1. The molecule has 1 aromatic heterocycles. The number of hydrogen-bond acceptors (Lipinski definition) is 3. The molecule has 19 heavy (non-hydrogen) atoms. The third kappa shape index (κ3) is 3.04. The van der Waals surface area contributed by atoms with E-state index >= 15 is 0 Å². The van der Waals surface area contributed by atoms with Crippen molar-refractivity contribution in [3.8, 4) is 5.75 Å². The molecule has 1 aromatic carbocycles. The third-order valence-corrected chi connectivity index (χ3v) is 3.72. The Hall–Kier alpha value is -1.61. The van der Waals surface area contributed by atoms with Crippen LogP contribution in [0.3, 0.4) is 0 Å². The molecule has 1 aliphatic heterocycles. The molecule has 0 amide bonds. The molecule has 2 heterocycles. The summed E-state index contributed by atoms with van der Waals surface area (Å²) in [6.45, 7) is 4.23. The lowest BCUT2D eigenvalue weighted by molar-refractivity contribution is 0.184. The summed E-state index contributed by atoms with van der Waals surface area (Å²) >= 11 is 0. The van der Waals surface area contributed by atoms with E-state index in [1.54, 1.807) is 0 Å². The highest BCUT2D eigenvalue weighted by atomic mass is 16.5. The van der Waals surface area contributed by atoms with Gasteiger partial charge in [0.1, 0.15) is 12.4 Å². The monoisotopic (exact) mass is 256 g/mol. The predicted molar refractivity (Wildman–Crippen MR) is 77.5 cm³/mol. The van der Waals surface area contributed by atoms with Crippen LogP contribution in [0.1, 0.15) is 19.3 Å². The summed E-state index contributed by atoms with van der Waals surface area (Å²) in [5.74, 6) is 0.947. The van der Waals surface area contributed by atoms with Crippen molar-refractivity contribution in [2.45, 2.75) is 19.3 Å². The second-order valence-electron chi connectivity index (χ2n) is 5.08. The molecule has 0 radical (unpaired) electrons. The Kier molecular flexibility index (Phi) is 3.94. The summed E-state index contributed by atoms with van der Waals surface area (Å²) in [5, 5.41) is 1.10. The molecule has 0 spiro atoms. The molecule has 3 rings (SSSR count). The van der Waals surface area contributed by atoms with E-state index in [4.69, 9.17) is 4.74 Å². The first-order chi connectivity index (χ1) is 9.43. The fourth-order valence-electron chi connectivity index (χ4n) is 2.67. The van der Waals surface area contributed by atoms with Crippen LogP contribution in [0.4, 0.5) is 0 Å². The van der Waals surface area contributed by atoms with E-state index in [-0.39, 0.29) is 0 Å². The van der Waals surface area contributed by atoms with Crippen LogP contribution in [-0.2, 0) is 0 Å². The average Bonchev–Trinajstić information content (AvgIpc) is 2.49. The molecule has 0 atom stereocenters. The number of hydrogen-bond donors (Lipinski definition) is 0. The van der Waals surface area contributed by atoms with E-state index in [2.05, 4.69) is 16.0 Å². The SMILES string of the molecule is c1cc(OCCN2CCCCC2)c2cccnc2c1. The van der Waals surface area contributed by atoms with Gasteiger partial charge in [0.05, 0.1) is 5.52 Å². The van der Waals surface area contributed by atoms with Gasteiger partial charge in [0.2, 0.25) is 0 Å². The summed E-state index contributed by atoms with van der Waals surface area (Å²) < 4.78 is 5.94. The molecule has 2 aromatic rings. The summed E-state index contributed by atoms with van der Waals surface area (Å²) in [6.07, 6.45) is 5.86. The molecule has 0 saturated carbocycles. The Balaban J connectivity index is 1.62. The highest BCUT2D eigenvalue weighted by molar-refractivity contribution is 5.84. The van der Waals surface area contributed by atoms with Gasteiger partial charge in [-0.2, -0.15) is 0 Å². The van der Waals surface area contributed by atoms with E-state index in [9.17, 15) is 0 Å². The summed E-state index contributed by atoms with van der Waals surface area (Å²) in [6, 6.07) is 10.1. The first kappa shape index (κ1) is 12.4. The van der Waals surface area contributed by atoms with Gasteiger partial charge in [-0.05, 0) is 50.2 Å². The van der Waals surface area contributed by atoms with Crippen molar-refractivity contribution < 1.29 is 4.74 Å². The van der Waals surface area contributed by atoms with Gasteiger partial charge in [0, 0.05) is 18.1 Å². The largest absolute Gasteiger partial charge is 0.492 e. The minimum Gasteiger partial charge on any atom is -0.492 e. The fraction of sp³-hybridized carbons (Fsp3) is 0.438. The van der Waals surface area contributed by atoms with Gasteiger partial charge in [0.25, 0.3) is 0 Å². The minimum absolute atomic E-state index is 0.758. The first-order valence-electron chi connectivity index (χ1n) is 7.12. The topological polar surface area (TPSA) is 25.4 Å². The van der Waals surface area contributed by atoms with Gasteiger partial charge in [-0.1, -0.05) is 12.5 Å². The zero-order valence-electron chi connectivity index (χ0n) is 11.2. The highest BCUT2D eigenvalue weighted by Gasteiger charge is 2.10. The maximum atomic E-state index is 5.94. The maximum absolute atomic E-state index is 5.94. The van der Waals surface area contributed by atoms with Crippen LogP contribution in [0.25, 0.3) is 10.9 Å². The molecule has 1 fully saturated rings. The van der Waals surface area contributed by atoms with E-state index < -0.39 is 0 Å². The zero-order valence-corrected chi connectivity index (χ0v) is 11.2. The van der Waals surface area contributed by atoms with Crippen molar-refractivity contribution in [2.75, 3.05) is 26.2 Å². The van der Waals surface area contributed by atoms with Crippen molar-refractivity contribution in [1.29, 1.82) is 0 Å². The molecule has 1 saturated heterocycles. The number of rotatable bonds is 4. The predicted octanol–water partition coefficient (Wildman–Crippen LogP) is 3.10. The van der Waals surface area contributed by atoms with Crippen LogP contribution >= 0.6 is 0 Å².